The van der Waals surface area contributed by atoms with Crippen LogP contribution in [0.5, 0.6) is 0 Å². The van der Waals surface area contributed by atoms with E-state index in [1.54, 1.807) is 17.7 Å². The first-order valence-electron chi connectivity index (χ1n) is 8.54. The number of carbonyl (C=O) groups is 1. The van der Waals surface area contributed by atoms with Gasteiger partial charge in [0.25, 0.3) is 0 Å². The lowest BCUT2D eigenvalue weighted by Gasteiger charge is -2.30. The number of hydrogen-bond acceptors (Lipinski definition) is 9. The molecule has 0 saturated carbocycles. The van der Waals surface area contributed by atoms with E-state index in [0.717, 1.165) is 21.4 Å². The Labute approximate surface area is 169 Å². The fraction of sp³-hybridized carbons (Fsp3) is 0.353. The molecular formula is C17H17N3O5S3. The molecule has 0 spiro atoms. The zero-order chi connectivity index (χ0) is 19.7. The van der Waals surface area contributed by atoms with Crippen molar-refractivity contribution in [1.29, 1.82) is 0 Å². The van der Waals surface area contributed by atoms with Crippen LogP contribution in [0.15, 0.2) is 39.2 Å². The van der Waals surface area contributed by atoms with E-state index in [9.17, 15) is 13.2 Å². The van der Waals surface area contributed by atoms with Crippen molar-refractivity contribution in [2.45, 2.75) is 23.7 Å². The highest BCUT2D eigenvalue weighted by Gasteiger charge is 2.34. The maximum atomic E-state index is 13.0. The van der Waals surface area contributed by atoms with Crippen LogP contribution in [0.25, 0.3) is 10.8 Å². The van der Waals surface area contributed by atoms with Gasteiger partial charge in [0.15, 0.2) is 10.8 Å². The normalized spacial score (nSPS) is 16.3. The molecule has 0 amide bonds. The Morgan fingerprint density at radius 2 is 2.07 bits per heavy atom. The Morgan fingerprint density at radius 3 is 2.75 bits per heavy atom. The molecule has 1 aliphatic heterocycles. The van der Waals surface area contributed by atoms with Gasteiger partial charge in [-0.05, 0) is 36.4 Å². The van der Waals surface area contributed by atoms with Crippen LogP contribution in [0.3, 0.4) is 0 Å². The molecule has 4 rings (SSSR count). The molecule has 0 atom stereocenters. The lowest BCUT2D eigenvalue weighted by atomic mass is 9.99. The van der Waals surface area contributed by atoms with Crippen LogP contribution in [0.4, 0.5) is 0 Å². The van der Waals surface area contributed by atoms with E-state index >= 15 is 0 Å². The van der Waals surface area contributed by atoms with Crippen molar-refractivity contribution in [3.8, 4) is 10.8 Å². The van der Waals surface area contributed by atoms with Gasteiger partial charge in [-0.15, -0.1) is 21.5 Å². The van der Waals surface area contributed by atoms with Gasteiger partial charge in [-0.3, -0.25) is 0 Å². The summed E-state index contributed by atoms with van der Waals surface area (Å²) in [4.78, 5) is 12.0. The van der Waals surface area contributed by atoms with E-state index in [2.05, 4.69) is 10.2 Å². The van der Waals surface area contributed by atoms with Gasteiger partial charge in [0.1, 0.15) is 14.8 Å². The molecule has 28 heavy (non-hydrogen) atoms. The van der Waals surface area contributed by atoms with E-state index in [4.69, 9.17) is 9.15 Å². The van der Waals surface area contributed by atoms with E-state index in [1.165, 1.54) is 28.8 Å². The lowest BCUT2D eigenvalue weighted by Crippen LogP contribution is -2.38. The highest BCUT2D eigenvalue weighted by Crippen LogP contribution is 2.35. The average molecular weight is 440 g/mol. The molecule has 1 saturated heterocycles. The minimum Gasteiger partial charge on any atom is -0.465 e. The predicted molar refractivity (Wildman–Crippen MR) is 104 cm³/mol. The summed E-state index contributed by atoms with van der Waals surface area (Å²) in [5, 5.41) is 11.6. The molecule has 0 aromatic carbocycles. The zero-order valence-corrected chi connectivity index (χ0v) is 17.3. The number of methoxy groups -OCH3 is 1. The summed E-state index contributed by atoms with van der Waals surface area (Å²) in [5.74, 6) is 0.189. The third-order valence-electron chi connectivity index (χ3n) is 4.59. The Bertz CT molecular complexity index is 1060. The van der Waals surface area contributed by atoms with Gasteiger partial charge in [-0.1, -0.05) is 11.3 Å². The smallest absolute Gasteiger partial charge is 0.349 e. The Morgan fingerprint density at radius 1 is 1.29 bits per heavy atom. The van der Waals surface area contributed by atoms with Crippen LogP contribution < -0.4 is 0 Å². The highest BCUT2D eigenvalue weighted by atomic mass is 32.2. The Kier molecular flexibility index (Phi) is 5.32. The number of thiophene rings is 1. The number of esters is 1. The predicted octanol–water partition coefficient (Wildman–Crippen LogP) is 3.21. The van der Waals surface area contributed by atoms with Gasteiger partial charge in [0, 0.05) is 19.0 Å². The largest absolute Gasteiger partial charge is 0.465 e. The van der Waals surface area contributed by atoms with E-state index in [1.807, 2.05) is 6.07 Å². The van der Waals surface area contributed by atoms with Gasteiger partial charge in [-0.2, -0.15) is 4.31 Å². The maximum absolute atomic E-state index is 13.0. The van der Waals surface area contributed by atoms with Gasteiger partial charge >= 0.3 is 5.97 Å². The maximum Gasteiger partial charge on any atom is 0.349 e. The summed E-state index contributed by atoms with van der Waals surface area (Å²) in [6.45, 7) is 0.720. The van der Waals surface area contributed by atoms with Gasteiger partial charge in [0.05, 0.1) is 13.4 Å². The average Bonchev–Trinajstić information content (AvgIpc) is 3.48. The summed E-state index contributed by atoms with van der Waals surface area (Å²) < 4.78 is 37.4. The molecule has 4 heterocycles. The van der Waals surface area contributed by atoms with Crippen LogP contribution in [0.2, 0.25) is 0 Å². The van der Waals surface area contributed by atoms with Gasteiger partial charge in [-0.25, -0.2) is 13.2 Å². The molecule has 0 bridgehead atoms. The molecule has 148 valence electrons. The molecule has 3 aromatic rings. The number of rotatable bonds is 5. The minimum absolute atomic E-state index is 0.0128. The standard InChI is InChI=1S/C17H17N3O5S3/c1-24-17(21)14-13(6-10-26-14)28(22,23)20-7-4-11(5-8-20)15-18-19-16(27-15)12-3-2-9-25-12/h2-3,6,9-11H,4-5,7-8H2,1H3. The molecule has 0 unspecified atom stereocenters. The summed E-state index contributed by atoms with van der Waals surface area (Å²) in [6.07, 6.45) is 2.88. The van der Waals surface area contributed by atoms with E-state index in [-0.39, 0.29) is 15.7 Å². The summed E-state index contributed by atoms with van der Waals surface area (Å²) >= 11 is 2.54. The number of hydrogen-bond donors (Lipinski definition) is 0. The SMILES string of the molecule is COC(=O)c1sccc1S(=O)(=O)N1CCC(c2nnc(-c3ccco3)s2)CC1. The first-order valence-corrected chi connectivity index (χ1v) is 11.7. The van der Waals surface area contributed by atoms with Gasteiger partial charge < -0.3 is 9.15 Å². The number of nitrogens with zero attached hydrogens (tertiary/aromatic N) is 3. The molecule has 1 fully saturated rings. The summed E-state index contributed by atoms with van der Waals surface area (Å²) in [7, 11) is -2.51. The monoisotopic (exact) mass is 439 g/mol. The van der Waals surface area contributed by atoms with Crippen molar-refractivity contribution in [3.63, 3.8) is 0 Å². The number of aromatic nitrogens is 2. The Balaban J connectivity index is 1.47. The quantitative estimate of drug-likeness (QED) is 0.562. The fourth-order valence-corrected chi connectivity index (χ4v) is 6.88. The molecular weight excluding hydrogens is 422 g/mol. The van der Waals surface area contributed by atoms with Crippen molar-refractivity contribution < 1.29 is 22.4 Å². The minimum atomic E-state index is -3.75. The second-order valence-electron chi connectivity index (χ2n) is 6.21. The molecule has 0 radical (unpaired) electrons. The molecule has 1 aliphatic rings. The van der Waals surface area contributed by atoms with Crippen molar-refractivity contribution in [3.05, 3.63) is 39.7 Å². The molecule has 11 heteroatoms. The van der Waals surface area contributed by atoms with Crippen LogP contribution >= 0.6 is 22.7 Å². The van der Waals surface area contributed by atoms with Crippen molar-refractivity contribution in [2.75, 3.05) is 20.2 Å². The third-order valence-corrected chi connectivity index (χ3v) is 8.66. The van der Waals surface area contributed by atoms with Crippen LogP contribution in [-0.2, 0) is 14.8 Å². The molecule has 3 aromatic heterocycles. The molecule has 0 N–H and O–H groups in total. The number of carbonyl (C=O) groups excluding carboxylic acids is 1. The van der Waals surface area contributed by atoms with Crippen LogP contribution in [-0.4, -0.2) is 49.1 Å². The van der Waals surface area contributed by atoms with Crippen molar-refractivity contribution in [2.24, 2.45) is 0 Å². The number of furan rings is 1. The first-order chi connectivity index (χ1) is 13.5. The first kappa shape index (κ1) is 19.2. The Hall–Kier alpha value is -2.08. The van der Waals surface area contributed by atoms with Crippen molar-refractivity contribution >= 4 is 38.7 Å². The van der Waals surface area contributed by atoms with Crippen LogP contribution in [0, 0.1) is 0 Å². The summed E-state index contributed by atoms with van der Waals surface area (Å²) in [5.41, 5.74) is 0. The second-order valence-corrected chi connectivity index (χ2v) is 10.0. The number of ether oxygens (including phenoxy) is 1. The third kappa shape index (κ3) is 3.50. The number of sulfonamides is 1. The fourth-order valence-electron chi connectivity index (χ4n) is 3.12. The van der Waals surface area contributed by atoms with Gasteiger partial charge in [0.2, 0.25) is 10.0 Å². The number of piperidine rings is 1. The lowest BCUT2D eigenvalue weighted by molar-refractivity contribution is 0.0602. The molecule has 8 nitrogen and oxygen atoms in total. The molecule has 0 aliphatic carbocycles. The van der Waals surface area contributed by atoms with E-state index in [0.29, 0.717) is 31.7 Å². The highest BCUT2D eigenvalue weighted by molar-refractivity contribution is 7.89. The second kappa shape index (κ2) is 7.74. The zero-order valence-electron chi connectivity index (χ0n) is 14.9. The summed E-state index contributed by atoms with van der Waals surface area (Å²) in [6, 6.07) is 5.09. The van der Waals surface area contributed by atoms with Crippen molar-refractivity contribution in [1.82, 2.24) is 14.5 Å². The van der Waals surface area contributed by atoms with Crippen LogP contribution in [0.1, 0.15) is 33.4 Å². The van der Waals surface area contributed by atoms with E-state index < -0.39 is 16.0 Å². The topological polar surface area (TPSA) is 103 Å².